The van der Waals surface area contributed by atoms with Gasteiger partial charge in [-0.25, -0.2) is 4.79 Å². The highest BCUT2D eigenvalue weighted by molar-refractivity contribution is 14.1. The van der Waals surface area contributed by atoms with Gasteiger partial charge in [-0.2, -0.15) is 0 Å². The second-order valence-electron chi connectivity index (χ2n) is 2.46. The predicted molar refractivity (Wildman–Crippen MR) is 69.8 cm³/mol. The highest BCUT2D eigenvalue weighted by Gasteiger charge is 2.15. The third-order valence-electron chi connectivity index (χ3n) is 1.64. The maximum absolute atomic E-state index is 11.4. The van der Waals surface area contributed by atoms with Crippen molar-refractivity contribution in [1.29, 1.82) is 0 Å². The highest BCUT2D eigenvalue weighted by atomic mass is 127. The summed E-state index contributed by atoms with van der Waals surface area (Å²) in [6.45, 7) is 0. The molecule has 5 heteroatoms. The largest absolute Gasteiger partial charge is 0.497 e. The van der Waals surface area contributed by atoms with Crippen LogP contribution in [0.4, 0.5) is 0 Å². The number of carbonyl (C=O) groups is 1. The van der Waals surface area contributed by atoms with Gasteiger partial charge in [0.2, 0.25) is 0 Å². The van der Waals surface area contributed by atoms with Crippen LogP contribution in [-0.2, 0) is 4.74 Å². The van der Waals surface area contributed by atoms with Crippen LogP contribution < -0.4 is 4.74 Å². The van der Waals surface area contributed by atoms with Crippen LogP contribution in [0.3, 0.4) is 0 Å². The second kappa shape index (κ2) is 5.15. The van der Waals surface area contributed by atoms with Crippen LogP contribution in [0.25, 0.3) is 0 Å². The summed E-state index contributed by atoms with van der Waals surface area (Å²) in [6, 6.07) is 3.60. The summed E-state index contributed by atoms with van der Waals surface area (Å²) in [6.07, 6.45) is 0. The highest BCUT2D eigenvalue weighted by Crippen LogP contribution is 2.25. The summed E-state index contributed by atoms with van der Waals surface area (Å²) < 4.78 is 11.4. The molecule has 76 valence electrons. The van der Waals surface area contributed by atoms with Crippen LogP contribution in [0.5, 0.6) is 5.75 Å². The molecule has 0 spiro atoms. The minimum absolute atomic E-state index is 0.318. The molecule has 0 radical (unpaired) electrons. The number of rotatable bonds is 2. The molecular formula is C9H8I2O3. The van der Waals surface area contributed by atoms with Crippen LogP contribution in [0.1, 0.15) is 10.4 Å². The molecule has 0 saturated heterocycles. The van der Waals surface area contributed by atoms with Crippen LogP contribution in [-0.4, -0.2) is 20.2 Å². The minimum Gasteiger partial charge on any atom is -0.497 e. The number of carbonyl (C=O) groups excluding carboxylic acids is 1. The lowest BCUT2D eigenvalue weighted by Gasteiger charge is -2.07. The summed E-state index contributed by atoms with van der Waals surface area (Å²) in [5.74, 6) is 0.424. The molecule has 1 rings (SSSR count). The van der Waals surface area contributed by atoms with Crippen molar-refractivity contribution in [2.24, 2.45) is 0 Å². The van der Waals surface area contributed by atoms with E-state index in [9.17, 15) is 4.79 Å². The Morgan fingerprint density at radius 3 is 2.07 bits per heavy atom. The molecule has 0 heterocycles. The molecule has 0 amide bonds. The maximum Gasteiger partial charge on any atom is 0.340 e. The van der Waals surface area contributed by atoms with Crippen molar-refractivity contribution in [1.82, 2.24) is 0 Å². The Morgan fingerprint density at radius 1 is 1.21 bits per heavy atom. The first-order chi connectivity index (χ1) is 6.60. The molecule has 0 aliphatic rings. The van der Waals surface area contributed by atoms with Gasteiger partial charge in [-0.3, -0.25) is 0 Å². The molecule has 14 heavy (non-hydrogen) atoms. The summed E-state index contributed by atoms with van der Waals surface area (Å²) in [5, 5.41) is 0. The van der Waals surface area contributed by atoms with Gasteiger partial charge in [-0.05, 0) is 57.3 Å². The molecule has 0 saturated carbocycles. The third kappa shape index (κ3) is 2.50. The van der Waals surface area contributed by atoms with Crippen molar-refractivity contribution in [3.05, 3.63) is 24.8 Å². The van der Waals surface area contributed by atoms with E-state index in [1.54, 1.807) is 19.2 Å². The molecule has 0 aliphatic heterocycles. The van der Waals surface area contributed by atoms with Gasteiger partial charge in [0.05, 0.1) is 19.8 Å². The Morgan fingerprint density at radius 2 is 1.71 bits per heavy atom. The summed E-state index contributed by atoms with van der Waals surface area (Å²) in [4.78, 5) is 11.4. The number of halogens is 2. The van der Waals surface area contributed by atoms with Crippen molar-refractivity contribution < 1.29 is 14.3 Å². The average molecular weight is 418 g/mol. The van der Waals surface area contributed by atoms with Gasteiger partial charge in [-0.15, -0.1) is 0 Å². The number of ether oxygens (including phenoxy) is 2. The van der Waals surface area contributed by atoms with Gasteiger partial charge in [0.1, 0.15) is 5.75 Å². The fourth-order valence-electron chi connectivity index (χ4n) is 0.965. The summed E-state index contributed by atoms with van der Waals surface area (Å²) in [5.41, 5.74) is 0.592. The topological polar surface area (TPSA) is 35.5 Å². The Bertz CT molecular complexity index is 340. The normalized spacial score (nSPS) is 9.71. The van der Waals surface area contributed by atoms with Gasteiger partial charge >= 0.3 is 5.97 Å². The monoisotopic (exact) mass is 418 g/mol. The summed E-state index contributed by atoms with van der Waals surface area (Å²) >= 11 is 4.18. The molecule has 1 aromatic rings. The lowest BCUT2D eigenvalue weighted by molar-refractivity contribution is 0.0598. The molecule has 0 aromatic heterocycles. The summed E-state index contributed by atoms with van der Waals surface area (Å²) in [7, 11) is 2.97. The van der Waals surface area contributed by atoms with E-state index in [1.807, 2.05) is 0 Å². The van der Waals surface area contributed by atoms with Crippen LogP contribution in [0.15, 0.2) is 12.1 Å². The Balaban J connectivity index is 3.25. The van der Waals surface area contributed by atoms with Crippen molar-refractivity contribution in [2.75, 3.05) is 14.2 Å². The van der Waals surface area contributed by atoms with Gasteiger partial charge in [0, 0.05) is 7.14 Å². The van der Waals surface area contributed by atoms with Crippen molar-refractivity contribution >= 4 is 51.2 Å². The fourth-order valence-corrected chi connectivity index (χ4v) is 3.12. The number of esters is 1. The van der Waals surface area contributed by atoms with E-state index in [1.165, 1.54) is 7.11 Å². The van der Waals surface area contributed by atoms with Crippen molar-refractivity contribution in [2.45, 2.75) is 0 Å². The molecule has 0 aliphatic carbocycles. The van der Waals surface area contributed by atoms with Crippen molar-refractivity contribution in [3.63, 3.8) is 0 Å². The van der Waals surface area contributed by atoms with Gasteiger partial charge in [0.15, 0.2) is 0 Å². The zero-order valence-electron chi connectivity index (χ0n) is 7.64. The number of hydrogen-bond donors (Lipinski definition) is 0. The molecule has 0 unspecified atom stereocenters. The van der Waals surface area contributed by atoms with E-state index >= 15 is 0 Å². The zero-order valence-corrected chi connectivity index (χ0v) is 12.0. The van der Waals surface area contributed by atoms with Gasteiger partial charge in [0.25, 0.3) is 0 Å². The Hall–Kier alpha value is -0.0500. The number of benzene rings is 1. The fraction of sp³-hybridized carbons (Fsp3) is 0.222. The SMILES string of the molecule is COC(=O)c1c(I)cc(OC)cc1I. The molecule has 1 aromatic carbocycles. The molecule has 0 fully saturated rings. The van der Waals surface area contributed by atoms with Gasteiger partial charge < -0.3 is 9.47 Å². The van der Waals surface area contributed by atoms with E-state index in [2.05, 4.69) is 49.9 Å². The van der Waals surface area contributed by atoms with Crippen molar-refractivity contribution in [3.8, 4) is 5.75 Å². The van der Waals surface area contributed by atoms with E-state index in [-0.39, 0.29) is 5.97 Å². The van der Waals surface area contributed by atoms with E-state index in [0.717, 1.165) is 12.9 Å². The smallest absolute Gasteiger partial charge is 0.340 e. The van der Waals surface area contributed by atoms with E-state index in [0.29, 0.717) is 5.56 Å². The second-order valence-corrected chi connectivity index (χ2v) is 4.78. The van der Waals surface area contributed by atoms with Gasteiger partial charge in [-0.1, -0.05) is 0 Å². The Kier molecular flexibility index (Phi) is 4.42. The first-order valence-corrected chi connectivity index (χ1v) is 5.87. The standard InChI is InChI=1S/C9H8I2O3/c1-13-5-3-6(10)8(7(11)4-5)9(12)14-2/h3-4H,1-2H3. The van der Waals surface area contributed by atoms with E-state index in [4.69, 9.17) is 4.74 Å². The molecule has 0 atom stereocenters. The number of hydrogen-bond acceptors (Lipinski definition) is 3. The predicted octanol–water partition coefficient (Wildman–Crippen LogP) is 2.69. The quantitative estimate of drug-likeness (QED) is 0.548. The zero-order chi connectivity index (χ0) is 10.7. The lowest BCUT2D eigenvalue weighted by atomic mass is 10.2. The average Bonchev–Trinajstić information content (AvgIpc) is 2.16. The molecule has 0 N–H and O–H groups in total. The van der Waals surface area contributed by atoms with Crippen LogP contribution in [0.2, 0.25) is 0 Å². The lowest BCUT2D eigenvalue weighted by Crippen LogP contribution is -2.06. The Labute approximate surface area is 109 Å². The minimum atomic E-state index is -0.318. The van der Waals surface area contributed by atoms with Crippen LogP contribution >= 0.6 is 45.2 Å². The third-order valence-corrected chi connectivity index (χ3v) is 3.34. The molecule has 0 bridgehead atoms. The first kappa shape index (κ1) is 12.0. The maximum atomic E-state index is 11.4. The molecular weight excluding hydrogens is 410 g/mol. The first-order valence-electron chi connectivity index (χ1n) is 3.71. The number of methoxy groups -OCH3 is 2. The van der Waals surface area contributed by atoms with Crippen LogP contribution in [0, 0.1) is 7.14 Å². The van der Waals surface area contributed by atoms with E-state index < -0.39 is 0 Å². The molecule has 3 nitrogen and oxygen atoms in total.